The summed E-state index contributed by atoms with van der Waals surface area (Å²) in [5, 5.41) is 24.9. The van der Waals surface area contributed by atoms with Crippen LogP contribution < -0.4 is 0 Å². The van der Waals surface area contributed by atoms with Crippen LogP contribution in [0.4, 0.5) is 0 Å². The average molecular weight is 282 g/mol. The van der Waals surface area contributed by atoms with Crippen molar-refractivity contribution in [3.63, 3.8) is 0 Å². The Morgan fingerprint density at radius 1 is 1.16 bits per heavy atom. The van der Waals surface area contributed by atoms with E-state index in [9.17, 15) is 0 Å². The van der Waals surface area contributed by atoms with E-state index in [1.54, 1.807) is 7.11 Å². The minimum atomic E-state index is -1.50. The van der Waals surface area contributed by atoms with Crippen LogP contribution in [-0.2, 0) is 9.47 Å². The zero-order valence-corrected chi connectivity index (χ0v) is 13.8. The molecule has 3 atom stereocenters. The third kappa shape index (κ3) is 17.8. The van der Waals surface area contributed by atoms with Gasteiger partial charge in [-0.25, -0.2) is 0 Å². The van der Waals surface area contributed by atoms with Gasteiger partial charge in [-0.15, -0.1) is 0 Å². The Morgan fingerprint density at radius 3 is 1.68 bits per heavy atom. The van der Waals surface area contributed by atoms with Gasteiger partial charge in [-0.1, -0.05) is 34.6 Å². The number of rotatable bonds is 2. The molecule has 0 saturated carbocycles. The van der Waals surface area contributed by atoms with Gasteiger partial charge in [0.05, 0.1) is 12.7 Å². The molecule has 3 N–H and O–H groups in total. The van der Waals surface area contributed by atoms with Gasteiger partial charge in [-0.05, 0) is 20.3 Å². The van der Waals surface area contributed by atoms with Crippen LogP contribution in [0.5, 0.6) is 0 Å². The highest BCUT2D eigenvalue weighted by molar-refractivity contribution is 4.73. The molecule has 0 bridgehead atoms. The number of aliphatic hydroxyl groups is 3. The van der Waals surface area contributed by atoms with Crippen LogP contribution in [0.1, 0.15) is 54.9 Å². The van der Waals surface area contributed by atoms with Gasteiger partial charge in [0.2, 0.25) is 0 Å². The summed E-state index contributed by atoms with van der Waals surface area (Å²) in [6, 6.07) is 0. The molecule has 5 nitrogen and oxygen atoms in total. The first-order valence-electron chi connectivity index (χ1n) is 7.01. The molecule has 1 heterocycles. The minimum Gasteiger partial charge on any atom is -0.394 e. The zero-order valence-electron chi connectivity index (χ0n) is 13.8. The molecule has 0 spiro atoms. The Hall–Kier alpha value is -0.200. The lowest BCUT2D eigenvalue weighted by atomic mass is 10.1. The van der Waals surface area contributed by atoms with Gasteiger partial charge < -0.3 is 24.8 Å². The fourth-order valence-corrected chi connectivity index (χ4v) is 1.31. The molecule has 1 saturated heterocycles. The Morgan fingerprint density at radius 2 is 1.53 bits per heavy atom. The van der Waals surface area contributed by atoms with Crippen LogP contribution in [0.15, 0.2) is 0 Å². The van der Waals surface area contributed by atoms with Gasteiger partial charge in [0.25, 0.3) is 0 Å². The maximum atomic E-state index is 8.72. The van der Waals surface area contributed by atoms with Crippen LogP contribution >= 0.6 is 0 Å². The lowest BCUT2D eigenvalue weighted by Crippen LogP contribution is -2.17. The van der Waals surface area contributed by atoms with E-state index in [1.807, 2.05) is 27.7 Å². The average Bonchev–Trinajstić information content (AvgIpc) is 2.73. The first-order chi connectivity index (χ1) is 8.77. The number of aliphatic hydroxyl groups excluding tert-OH is 1. The van der Waals surface area contributed by atoms with Crippen LogP contribution in [0.2, 0.25) is 0 Å². The topological polar surface area (TPSA) is 79.2 Å². The fourth-order valence-electron chi connectivity index (χ4n) is 1.31. The van der Waals surface area contributed by atoms with Gasteiger partial charge in [0.15, 0.2) is 12.1 Å². The Bertz CT molecular complexity index is 162. The first-order valence-corrected chi connectivity index (χ1v) is 7.01. The summed E-state index contributed by atoms with van der Waals surface area (Å²) in [7, 11) is 1.63. The second-order valence-electron chi connectivity index (χ2n) is 4.25. The van der Waals surface area contributed by atoms with Crippen molar-refractivity contribution in [1.82, 2.24) is 0 Å². The molecule has 1 fully saturated rings. The van der Waals surface area contributed by atoms with Crippen molar-refractivity contribution >= 4 is 0 Å². The standard InChI is InChI=1S/C7H14O3.C3H8O2.2C2H6/c1-5-3-6(4-8)10-7(5)9-2;1-3(2,4)5;2*1-2/h5-8H,3-4H2,1-2H3;4-5H,1-2H3;2*1-2H3. The van der Waals surface area contributed by atoms with E-state index < -0.39 is 5.79 Å². The van der Waals surface area contributed by atoms with Gasteiger partial charge in [-0.3, -0.25) is 0 Å². The quantitative estimate of drug-likeness (QED) is 0.676. The lowest BCUT2D eigenvalue weighted by Gasteiger charge is -2.11. The summed E-state index contributed by atoms with van der Waals surface area (Å²) in [5.41, 5.74) is 0. The Balaban J connectivity index is -0.000000242. The second kappa shape index (κ2) is 14.2. The molecule has 3 unspecified atom stereocenters. The fraction of sp³-hybridized carbons (Fsp3) is 1.00. The van der Waals surface area contributed by atoms with Crippen LogP contribution in [0.3, 0.4) is 0 Å². The van der Waals surface area contributed by atoms with E-state index in [4.69, 9.17) is 24.8 Å². The van der Waals surface area contributed by atoms with Crippen LogP contribution in [0, 0.1) is 5.92 Å². The van der Waals surface area contributed by atoms with Gasteiger partial charge in [0.1, 0.15) is 0 Å². The van der Waals surface area contributed by atoms with Crippen molar-refractivity contribution in [1.29, 1.82) is 0 Å². The third-order valence-corrected chi connectivity index (χ3v) is 1.86. The minimum absolute atomic E-state index is 0.0139. The third-order valence-electron chi connectivity index (χ3n) is 1.86. The molecule has 0 aromatic heterocycles. The molecule has 0 amide bonds. The lowest BCUT2D eigenvalue weighted by molar-refractivity contribution is -0.135. The monoisotopic (exact) mass is 282 g/mol. The van der Waals surface area contributed by atoms with E-state index in [2.05, 4.69) is 6.92 Å². The molecule has 1 aliphatic rings. The van der Waals surface area contributed by atoms with Crippen LogP contribution in [0.25, 0.3) is 0 Å². The highest BCUT2D eigenvalue weighted by Gasteiger charge is 2.31. The van der Waals surface area contributed by atoms with E-state index >= 15 is 0 Å². The summed E-state index contributed by atoms with van der Waals surface area (Å²) < 4.78 is 10.3. The van der Waals surface area contributed by atoms with Crippen molar-refractivity contribution < 1.29 is 24.8 Å². The van der Waals surface area contributed by atoms with Crippen molar-refractivity contribution in [2.75, 3.05) is 13.7 Å². The van der Waals surface area contributed by atoms with Crippen molar-refractivity contribution in [3.8, 4) is 0 Å². The maximum Gasteiger partial charge on any atom is 0.160 e. The number of hydrogen-bond acceptors (Lipinski definition) is 5. The highest BCUT2D eigenvalue weighted by atomic mass is 16.7. The molecule has 0 aromatic carbocycles. The van der Waals surface area contributed by atoms with Gasteiger partial charge >= 0.3 is 0 Å². The predicted octanol–water partition coefficient (Wildman–Crippen LogP) is 2.14. The van der Waals surface area contributed by atoms with Gasteiger partial charge in [0, 0.05) is 13.0 Å². The molecule has 120 valence electrons. The molecule has 0 radical (unpaired) electrons. The van der Waals surface area contributed by atoms with E-state index in [0.717, 1.165) is 6.42 Å². The summed E-state index contributed by atoms with van der Waals surface area (Å²) >= 11 is 0. The molecule has 19 heavy (non-hydrogen) atoms. The summed E-state index contributed by atoms with van der Waals surface area (Å²) in [6.45, 7) is 12.8. The molecule has 0 aliphatic carbocycles. The second-order valence-corrected chi connectivity index (χ2v) is 4.25. The molecule has 1 rings (SSSR count). The SMILES string of the molecule is CC.CC.CC(C)(O)O.COC1OC(CO)CC1C. The maximum absolute atomic E-state index is 8.72. The molecular formula is C14H34O5. The normalized spacial score (nSPS) is 25.1. The molecule has 5 heteroatoms. The first kappa shape index (κ1) is 23.9. The van der Waals surface area contributed by atoms with Crippen molar-refractivity contribution in [3.05, 3.63) is 0 Å². The van der Waals surface area contributed by atoms with Crippen LogP contribution in [-0.4, -0.2) is 47.2 Å². The summed E-state index contributed by atoms with van der Waals surface area (Å²) in [5.74, 6) is -1.10. The highest BCUT2D eigenvalue weighted by Crippen LogP contribution is 2.25. The van der Waals surface area contributed by atoms with Gasteiger partial charge in [-0.2, -0.15) is 0 Å². The number of ether oxygens (including phenoxy) is 2. The predicted molar refractivity (Wildman–Crippen MR) is 77.7 cm³/mol. The van der Waals surface area contributed by atoms with E-state index in [1.165, 1.54) is 13.8 Å². The molecular weight excluding hydrogens is 248 g/mol. The van der Waals surface area contributed by atoms with E-state index in [0.29, 0.717) is 5.92 Å². The summed E-state index contributed by atoms with van der Waals surface area (Å²) in [4.78, 5) is 0. The Kier molecular flexibility index (Phi) is 17.9. The number of methoxy groups -OCH3 is 1. The smallest absolute Gasteiger partial charge is 0.160 e. The van der Waals surface area contributed by atoms with Crippen molar-refractivity contribution in [2.45, 2.75) is 73.1 Å². The molecule has 0 aromatic rings. The Labute approximate surface area is 118 Å². The number of hydrogen-bond donors (Lipinski definition) is 3. The van der Waals surface area contributed by atoms with Crippen molar-refractivity contribution in [2.24, 2.45) is 5.92 Å². The molecule has 1 aliphatic heterocycles. The zero-order chi connectivity index (χ0) is 16.1. The largest absolute Gasteiger partial charge is 0.394 e. The van der Waals surface area contributed by atoms with E-state index in [-0.39, 0.29) is 19.0 Å². The summed E-state index contributed by atoms with van der Waals surface area (Å²) in [6.07, 6.45) is 0.770.